The average molecular weight is 747 g/mol. The van der Waals surface area contributed by atoms with Crippen molar-refractivity contribution in [3.63, 3.8) is 0 Å². The van der Waals surface area contributed by atoms with Gasteiger partial charge in [0.2, 0.25) is 0 Å². The third-order valence-electron chi connectivity index (χ3n) is 8.34. The van der Waals surface area contributed by atoms with E-state index < -0.39 is 6.10 Å². The van der Waals surface area contributed by atoms with Crippen molar-refractivity contribution < 1.29 is 23.8 Å². The van der Waals surface area contributed by atoms with Gasteiger partial charge in [0.25, 0.3) is 0 Å². The molecule has 0 saturated heterocycles. The molecule has 0 aromatic carbocycles. The highest BCUT2D eigenvalue weighted by Gasteiger charge is 2.17. The molecule has 0 aliphatic heterocycles. The van der Waals surface area contributed by atoms with E-state index in [-0.39, 0.29) is 31.6 Å². The number of ether oxygens (including phenoxy) is 3. The molecule has 0 fully saturated rings. The molecule has 0 saturated carbocycles. The Hall–Kier alpha value is -3.44. The van der Waals surface area contributed by atoms with Crippen molar-refractivity contribution in [3.05, 3.63) is 109 Å². The van der Waals surface area contributed by atoms with Crippen LogP contribution in [0.4, 0.5) is 0 Å². The fraction of sp³-hybridized carbons (Fsp3) is 0.592. The first-order chi connectivity index (χ1) is 26.6. The number of hydrogen-bond donors (Lipinski definition) is 0. The first-order valence-electron chi connectivity index (χ1n) is 21.4. The van der Waals surface area contributed by atoms with Crippen molar-refractivity contribution in [3.8, 4) is 0 Å². The second-order valence-electron chi connectivity index (χ2n) is 13.5. The Labute approximate surface area is 332 Å². The Morgan fingerprint density at radius 2 is 0.889 bits per heavy atom. The van der Waals surface area contributed by atoms with Crippen LogP contribution in [-0.4, -0.2) is 37.9 Å². The Morgan fingerprint density at radius 3 is 1.41 bits per heavy atom. The van der Waals surface area contributed by atoms with Crippen LogP contribution in [0.1, 0.15) is 162 Å². The largest absolute Gasteiger partial charge is 0.461 e. The van der Waals surface area contributed by atoms with Crippen molar-refractivity contribution in [2.75, 3.05) is 19.8 Å². The maximum Gasteiger partial charge on any atom is 0.309 e. The van der Waals surface area contributed by atoms with Crippen LogP contribution in [0, 0.1) is 0 Å². The Morgan fingerprint density at radius 1 is 0.444 bits per heavy atom. The minimum absolute atomic E-state index is 0.0120. The summed E-state index contributed by atoms with van der Waals surface area (Å²) in [7, 11) is 0. The van der Waals surface area contributed by atoms with Gasteiger partial charge in [-0.15, -0.1) is 0 Å². The number of esters is 2. The summed E-state index contributed by atoms with van der Waals surface area (Å²) in [4.78, 5) is 25.0. The van der Waals surface area contributed by atoms with Gasteiger partial charge in [-0.25, -0.2) is 0 Å². The number of rotatable bonds is 37. The zero-order chi connectivity index (χ0) is 39.3. The molecule has 0 rings (SSSR count). The van der Waals surface area contributed by atoms with Gasteiger partial charge in [-0.2, -0.15) is 0 Å². The zero-order valence-corrected chi connectivity index (χ0v) is 34.7. The molecular formula is C49H78O5. The predicted molar refractivity (Wildman–Crippen MR) is 233 cm³/mol. The van der Waals surface area contributed by atoms with E-state index in [4.69, 9.17) is 14.2 Å². The summed E-state index contributed by atoms with van der Waals surface area (Å²) < 4.78 is 17.1. The van der Waals surface area contributed by atoms with E-state index in [9.17, 15) is 9.59 Å². The highest BCUT2D eigenvalue weighted by atomic mass is 16.6. The fourth-order valence-electron chi connectivity index (χ4n) is 5.22. The third-order valence-corrected chi connectivity index (χ3v) is 8.34. The van der Waals surface area contributed by atoms with E-state index in [1.165, 1.54) is 25.7 Å². The van der Waals surface area contributed by atoms with Crippen LogP contribution in [-0.2, 0) is 23.8 Å². The number of unbranched alkanes of at least 4 members (excludes halogenated alkanes) is 9. The molecule has 0 heterocycles. The van der Waals surface area contributed by atoms with Crippen molar-refractivity contribution in [1.82, 2.24) is 0 Å². The van der Waals surface area contributed by atoms with Crippen LogP contribution in [0.25, 0.3) is 0 Å². The van der Waals surface area contributed by atoms with E-state index in [1.807, 2.05) is 12.2 Å². The van der Waals surface area contributed by atoms with Crippen molar-refractivity contribution in [1.29, 1.82) is 0 Å². The standard InChI is InChI=1S/C49H78O5/c1-4-7-10-13-16-18-20-22-24-26-28-30-32-35-38-41-44-52-45-47(54-49(51)43-40-37-33-15-12-9-6-3)46-53-48(50)42-39-36-34-31-29-27-25-23-21-19-17-14-11-8-5-2/h7-8,10-11,16-19,22-25,28-31,36,39,47H,4-6,9,12-15,20-21,26-27,32-35,37-38,40-46H2,1-3H3/b10-7-,11-8-,18-16-,19-17-,24-22-,25-23-,30-28-,31-29-,39-36-. The Kier molecular flexibility index (Phi) is 41.2. The van der Waals surface area contributed by atoms with Gasteiger partial charge < -0.3 is 14.2 Å². The lowest BCUT2D eigenvalue weighted by atomic mass is 10.1. The smallest absolute Gasteiger partial charge is 0.309 e. The third kappa shape index (κ3) is 41.3. The molecule has 0 bridgehead atoms. The van der Waals surface area contributed by atoms with Crippen LogP contribution in [0.15, 0.2) is 109 Å². The van der Waals surface area contributed by atoms with Gasteiger partial charge in [-0.3, -0.25) is 9.59 Å². The molecule has 5 nitrogen and oxygen atoms in total. The van der Waals surface area contributed by atoms with Gasteiger partial charge in [0.1, 0.15) is 6.61 Å². The van der Waals surface area contributed by atoms with Gasteiger partial charge in [0.05, 0.1) is 13.0 Å². The van der Waals surface area contributed by atoms with Crippen molar-refractivity contribution in [2.24, 2.45) is 0 Å². The van der Waals surface area contributed by atoms with Crippen LogP contribution in [0.3, 0.4) is 0 Å². The molecule has 1 unspecified atom stereocenters. The molecule has 0 aromatic rings. The molecule has 0 aromatic heterocycles. The summed E-state index contributed by atoms with van der Waals surface area (Å²) in [6.45, 7) is 7.35. The van der Waals surface area contributed by atoms with Gasteiger partial charge in [0, 0.05) is 13.0 Å². The topological polar surface area (TPSA) is 61.8 Å². The Balaban J connectivity index is 4.39. The monoisotopic (exact) mass is 747 g/mol. The first kappa shape index (κ1) is 50.6. The lowest BCUT2D eigenvalue weighted by Crippen LogP contribution is -2.30. The summed E-state index contributed by atoms with van der Waals surface area (Å²) in [5, 5.41) is 0. The van der Waals surface area contributed by atoms with Gasteiger partial charge >= 0.3 is 11.9 Å². The second-order valence-corrected chi connectivity index (χ2v) is 13.5. The van der Waals surface area contributed by atoms with Gasteiger partial charge in [-0.05, 0) is 83.5 Å². The lowest BCUT2D eigenvalue weighted by molar-refractivity contribution is -0.162. The number of carbonyl (C=O) groups is 2. The fourth-order valence-corrected chi connectivity index (χ4v) is 5.22. The minimum Gasteiger partial charge on any atom is -0.461 e. The van der Waals surface area contributed by atoms with Gasteiger partial charge in [0.15, 0.2) is 6.10 Å². The van der Waals surface area contributed by atoms with E-state index in [1.54, 1.807) is 0 Å². The molecule has 0 radical (unpaired) electrons. The SMILES string of the molecule is CC/C=C\C/C=C\C/C=C\C/C=C\C/C=C\CC(=O)OCC(COCCCCC/C=C\C/C=C\C/C=C\C/C=C\CC)OC(=O)CCCCCCCCC. The predicted octanol–water partition coefficient (Wildman–Crippen LogP) is 14.1. The molecule has 0 aliphatic carbocycles. The summed E-state index contributed by atoms with van der Waals surface area (Å²) in [6.07, 6.45) is 59.8. The van der Waals surface area contributed by atoms with Crippen molar-refractivity contribution >= 4 is 11.9 Å². The molecule has 0 aliphatic rings. The van der Waals surface area contributed by atoms with E-state index in [0.717, 1.165) is 103 Å². The number of allylic oxidation sites excluding steroid dienone is 17. The lowest BCUT2D eigenvalue weighted by Gasteiger charge is -2.18. The summed E-state index contributed by atoms with van der Waals surface area (Å²) in [5.74, 6) is -0.579. The highest BCUT2D eigenvalue weighted by Crippen LogP contribution is 2.10. The molecule has 0 spiro atoms. The average Bonchev–Trinajstić information content (AvgIpc) is 3.17. The second kappa shape index (κ2) is 44.0. The van der Waals surface area contributed by atoms with E-state index >= 15 is 0 Å². The quantitative estimate of drug-likeness (QED) is 0.0360. The molecule has 304 valence electrons. The maximum absolute atomic E-state index is 12.6. The normalized spacial score (nSPS) is 13.3. The zero-order valence-electron chi connectivity index (χ0n) is 34.7. The molecule has 54 heavy (non-hydrogen) atoms. The maximum atomic E-state index is 12.6. The van der Waals surface area contributed by atoms with E-state index in [2.05, 4.69) is 118 Å². The Bertz CT molecular complexity index is 1120. The molecule has 0 N–H and O–H groups in total. The molecule has 1 atom stereocenters. The first-order valence-corrected chi connectivity index (χ1v) is 21.4. The van der Waals surface area contributed by atoms with Crippen LogP contribution in [0.5, 0.6) is 0 Å². The summed E-state index contributed by atoms with van der Waals surface area (Å²) in [6, 6.07) is 0. The minimum atomic E-state index is -0.594. The number of carbonyl (C=O) groups excluding carboxylic acids is 2. The molecule has 0 amide bonds. The van der Waals surface area contributed by atoms with Crippen LogP contribution >= 0.6 is 0 Å². The molecule has 5 heteroatoms. The number of hydrogen-bond acceptors (Lipinski definition) is 5. The summed E-state index contributed by atoms with van der Waals surface area (Å²) >= 11 is 0. The van der Waals surface area contributed by atoms with Crippen LogP contribution < -0.4 is 0 Å². The van der Waals surface area contributed by atoms with Crippen LogP contribution in [0.2, 0.25) is 0 Å². The van der Waals surface area contributed by atoms with Gasteiger partial charge in [-0.1, -0.05) is 175 Å². The van der Waals surface area contributed by atoms with Crippen molar-refractivity contribution in [2.45, 2.75) is 168 Å². The van der Waals surface area contributed by atoms with E-state index in [0.29, 0.717) is 13.0 Å². The highest BCUT2D eigenvalue weighted by molar-refractivity contribution is 5.71. The molecular weight excluding hydrogens is 669 g/mol. The summed E-state index contributed by atoms with van der Waals surface area (Å²) in [5.41, 5.74) is 0.